The van der Waals surface area contributed by atoms with Crippen molar-refractivity contribution in [3.63, 3.8) is 0 Å². The zero-order valence-corrected chi connectivity index (χ0v) is 13.4. The van der Waals surface area contributed by atoms with Crippen LogP contribution in [0.5, 0.6) is 0 Å². The Morgan fingerprint density at radius 3 is 2.76 bits per heavy atom. The van der Waals surface area contributed by atoms with E-state index in [2.05, 4.69) is 10.4 Å². The lowest BCUT2D eigenvalue weighted by Crippen LogP contribution is -2.23. The third-order valence-electron chi connectivity index (χ3n) is 3.64. The number of aryl methyl sites for hydroxylation is 2. The second kappa shape index (κ2) is 6.76. The fourth-order valence-electron chi connectivity index (χ4n) is 2.35. The number of carbonyl (C=O) groups is 1. The highest BCUT2D eigenvalue weighted by Crippen LogP contribution is 2.14. The minimum Gasteiger partial charge on any atom is -0.352 e. The van der Waals surface area contributed by atoms with Crippen molar-refractivity contribution in [1.82, 2.24) is 15.1 Å². The van der Waals surface area contributed by atoms with Gasteiger partial charge in [0.15, 0.2) is 0 Å². The summed E-state index contributed by atoms with van der Waals surface area (Å²) in [6.45, 7) is 4.51. The van der Waals surface area contributed by atoms with Crippen molar-refractivity contribution in [1.29, 1.82) is 0 Å². The molecule has 1 heterocycles. The summed E-state index contributed by atoms with van der Waals surface area (Å²) in [5, 5.41) is 7.96. The highest BCUT2D eigenvalue weighted by molar-refractivity contribution is 6.30. The Morgan fingerprint density at radius 2 is 2.14 bits per heavy atom. The van der Waals surface area contributed by atoms with Crippen molar-refractivity contribution in [2.24, 2.45) is 7.05 Å². The Balaban J connectivity index is 1.85. The van der Waals surface area contributed by atoms with Crippen molar-refractivity contribution in [3.05, 3.63) is 51.8 Å². The van der Waals surface area contributed by atoms with Crippen molar-refractivity contribution in [3.8, 4) is 0 Å². The average Bonchev–Trinajstić information content (AvgIpc) is 2.68. The molecule has 0 atom stereocenters. The van der Waals surface area contributed by atoms with Gasteiger partial charge < -0.3 is 5.32 Å². The third-order valence-corrected chi connectivity index (χ3v) is 3.87. The molecule has 1 aromatic carbocycles. The second-order valence-electron chi connectivity index (χ2n) is 5.18. The van der Waals surface area contributed by atoms with Crippen LogP contribution >= 0.6 is 11.6 Å². The van der Waals surface area contributed by atoms with Gasteiger partial charge in [-0.15, -0.1) is 0 Å². The number of aromatic nitrogens is 2. The largest absolute Gasteiger partial charge is 0.352 e. The summed E-state index contributed by atoms with van der Waals surface area (Å²) in [6, 6.07) is 7.51. The summed E-state index contributed by atoms with van der Waals surface area (Å²) >= 11 is 5.92. The minimum atomic E-state index is 0.0395. The lowest BCUT2D eigenvalue weighted by atomic mass is 10.1. The quantitative estimate of drug-likeness (QED) is 0.923. The average molecular weight is 306 g/mol. The standard InChI is InChI=1S/C16H20ClN3O/c1-11-15(12(2)20(3)19-11)7-8-16(21)18-10-13-5-4-6-14(17)9-13/h4-6,9H,7-8,10H2,1-3H3,(H,18,21). The Kier molecular flexibility index (Phi) is 5.02. The monoisotopic (exact) mass is 305 g/mol. The molecule has 112 valence electrons. The Morgan fingerprint density at radius 1 is 1.38 bits per heavy atom. The first-order valence-electron chi connectivity index (χ1n) is 6.97. The van der Waals surface area contributed by atoms with Crippen LogP contribution in [0.2, 0.25) is 5.02 Å². The van der Waals surface area contributed by atoms with Crippen LogP contribution in [0.4, 0.5) is 0 Å². The van der Waals surface area contributed by atoms with Crippen LogP contribution in [0.1, 0.15) is 28.9 Å². The molecule has 2 rings (SSSR count). The van der Waals surface area contributed by atoms with Crippen molar-refractivity contribution < 1.29 is 4.79 Å². The molecule has 0 fully saturated rings. The molecule has 21 heavy (non-hydrogen) atoms. The molecule has 0 saturated carbocycles. The van der Waals surface area contributed by atoms with Gasteiger partial charge in [-0.1, -0.05) is 23.7 Å². The van der Waals surface area contributed by atoms with E-state index in [4.69, 9.17) is 11.6 Å². The van der Waals surface area contributed by atoms with E-state index in [9.17, 15) is 4.79 Å². The maximum atomic E-state index is 11.9. The van der Waals surface area contributed by atoms with Gasteiger partial charge in [0.2, 0.25) is 5.91 Å². The first-order valence-corrected chi connectivity index (χ1v) is 7.35. The van der Waals surface area contributed by atoms with Gasteiger partial charge in [-0.25, -0.2) is 0 Å². The lowest BCUT2D eigenvalue weighted by molar-refractivity contribution is -0.121. The molecule has 1 N–H and O–H groups in total. The van der Waals surface area contributed by atoms with E-state index in [1.54, 1.807) is 0 Å². The fraction of sp³-hybridized carbons (Fsp3) is 0.375. The molecule has 0 saturated heterocycles. The summed E-state index contributed by atoms with van der Waals surface area (Å²) in [5.41, 5.74) is 4.28. The van der Waals surface area contributed by atoms with E-state index in [1.807, 2.05) is 49.8 Å². The Hall–Kier alpha value is -1.81. The maximum absolute atomic E-state index is 11.9. The van der Waals surface area contributed by atoms with Crippen LogP contribution in [0.3, 0.4) is 0 Å². The highest BCUT2D eigenvalue weighted by atomic mass is 35.5. The van der Waals surface area contributed by atoms with E-state index in [1.165, 1.54) is 0 Å². The topological polar surface area (TPSA) is 46.9 Å². The van der Waals surface area contributed by atoms with Gasteiger partial charge in [-0.3, -0.25) is 9.48 Å². The second-order valence-corrected chi connectivity index (χ2v) is 5.62. The number of amides is 1. The number of nitrogens with zero attached hydrogens (tertiary/aromatic N) is 2. The molecule has 0 aliphatic carbocycles. The number of carbonyl (C=O) groups excluding carboxylic acids is 1. The van der Waals surface area contributed by atoms with E-state index in [-0.39, 0.29) is 5.91 Å². The fourth-order valence-corrected chi connectivity index (χ4v) is 2.57. The molecule has 1 aromatic heterocycles. The van der Waals surface area contributed by atoms with E-state index in [0.717, 1.165) is 22.5 Å². The molecule has 2 aromatic rings. The van der Waals surface area contributed by atoms with Crippen LogP contribution < -0.4 is 5.32 Å². The van der Waals surface area contributed by atoms with Crippen LogP contribution in [-0.2, 0) is 24.8 Å². The molecule has 4 nitrogen and oxygen atoms in total. The van der Waals surface area contributed by atoms with Crippen molar-refractivity contribution in [2.45, 2.75) is 33.2 Å². The molecule has 0 aliphatic heterocycles. The predicted molar refractivity (Wildman–Crippen MR) is 84.3 cm³/mol. The number of nitrogens with one attached hydrogen (secondary N) is 1. The smallest absolute Gasteiger partial charge is 0.220 e. The number of benzene rings is 1. The molecule has 0 spiro atoms. The first kappa shape index (κ1) is 15.6. The molecular weight excluding hydrogens is 286 g/mol. The molecule has 1 amide bonds. The van der Waals surface area contributed by atoms with Crippen LogP contribution in [0, 0.1) is 13.8 Å². The van der Waals surface area contributed by atoms with Gasteiger partial charge in [0, 0.05) is 30.7 Å². The predicted octanol–water partition coefficient (Wildman–Crippen LogP) is 2.94. The summed E-state index contributed by atoms with van der Waals surface area (Å²) in [5.74, 6) is 0.0395. The number of hydrogen-bond donors (Lipinski definition) is 1. The summed E-state index contributed by atoms with van der Waals surface area (Å²) in [4.78, 5) is 11.9. The molecule has 0 bridgehead atoms. The van der Waals surface area contributed by atoms with E-state index >= 15 is 0 Å². The zero-order chi connectivity index (χ0) is 15.4. The van der Waals surface area contributed by atoms with Crippen molar-refractivity contribution in [2.75, 3.05) is 0 Å². The third kappa shape index (κ3) is 4.08. The SMILES string of the molecule is Cc1nn(C)c(C)c1CCC(=O)NCc1cccc(Cl)c1. The zero-order valence-electron chi connectivity index (χ0n) is 12.6. The van der Waals surface area contributed by atoms with Gasteiger partial charge in [-0.2, -0.15) is 5.10 Å². The maximum Gasteiger partial charge on any atom is 0.220 e. The normalized spacial score (nSPS) is 10.7. The van der Waals surface area contributed by atoms with Crippen LogP contribution in [-0.4, -0.2) is 15.7 Å². The number of rotatable bonds is 5. The lowest BCUT2D eigenvalue weighted by Gasteiger charge is -2.06. The minimum absolute atomic E-state index is 0.0395. The van der Waals surface area contributed by atoms with Crippen LogP contribution in [0.15, 0.2) is 24.3 Å². The van der Waals surface area contributed by atoms with Gasteiger partial charge in [0.1, 0.15) is 0 Å². The summed E-state index contributed by atoms with van der Waals surface area (Å²) in [6.07, 6.45) is 1.18. The molecule has 0 unspecified atom stereocenters. The molecule has 5 heteroatoms. The molecule has 0 aliphatic rings. The Labute approximate surface area is 130 Å². The molecule has 0 radical (unpaired) electrons. The number of hydrogen-bond acceptors (Lipinski definition) is 2. The van der Waals surface area contributed by atoms with Crippen LogP contribution in [0.25, 0.3) is 0 Å². The molecular formula is C16H20ClN3O. The first-order chi connectivity index (χ1) is 9.97. The van der Waals surface area contributed by atoms with Gasteiger partial charge in [0.05, 0.1) is 5.69 Å². The summed E-state index contributed by atoms with van der Waals surface area (Å²) in [7, 11) is 1.92. The van der Waals surface area contributed by atoms with Gasteiger partial charge >= 0.3 is 0 Å². The summed E-state index contributed by atoms with van der Waals surface area (Å²) < 4.78 is 1.86. The number of halogens is 1. The van der Waals surface area contributed by atoms with E-state index in [0.29, 0.717) is 24.4 Å². The van der Waals surface area contributed by atoms with Gasteiger partial charge in [-0.05, 0) is 43.5 Å². The highest BCUT2D eigenvalue weighted by Gasteiger charge is 2.11. The van der Waals surface area contributed by atoms with Gasteiger partial charge in [0.25, 0.3) is 0 Å². The van der Waals surface area contributed by atoms with Crippen molar-refractivity contribution >= 4 is 17.5 Å². The van der Waals surface area contributed by atoms with E-state index < -0.39 is 0 Å². The Bertz CT molecular complexity index is 649.